The lowest BCUT2D eigenvalue weighted by molar-refractivity contribution is -0.121. The summed E-state index contributed by atoms with van der Waals surface area (Å²) in [7, 11) is 1.68. The van der Waals surface area contributed by atoms with Gasteiger partial charge in [-0.1, -0.05) is 19.0 Å². The minimum Gasteiger partial charge on any atom is -0.359 e. The largest absolute Gasteiger partial charge is 0.359 e. The molecule has 0 spiro atoms. The Morgan fingerprint density at radius 3 is 2.52 bits per heavy atom. The van der Waals surface area contributed by atoms with Crippen molar-refractivity contribution in [2.24, 2.45) is 4.99 Å². The van der Waals surface area contributed by atoms with E-state index in [0.29, 0.717) is 31.4 Å². The smallest absolute Gasteiger partial charge is 0.221 e. The quantitative estimate of drug-likeness (QED) is 0.345. The Bertz CT molecular complexity index is 500. The third-order valence-corrected chi connectivity index (χ3v) is 2.92. The minimum atomic E-state index is 0. The molecule has 0 bridgehead atoms. The number of amides is 1. The molecule has 0 atom stereocenters. The fraction of sp³-hybridized carbons (Fsp3) is 0.667. The van der Waals surface area contributed by atoms with Crippen LogP contribution < -0.4 is 16.0 Å². The van der Waals surface area contributed by atoms with E-state index < -0.39 is 0 Å². The van der Waals surface area contributed by atoms with E-state index in [1.54, 1.807) is 7.05 Å². The van der Waals surface area contributed by atoms with E-state index in [2.05, 4.69) is 39.9 Å². The Morgan fingerprint density at radius 1 is 1.30 bits per heavy atom. The summed E-state index contributed by atoms with van der Waals surface area (Å²) >= 11 is 0. The van der Waals surface area contributed by atoms with Gasteiger partial charge in [-0.05, 0) is 19.8 Å². The fourth-order valence-electron chi connectivity index (χ4n) is 1.76. The molecule has 0 aliphatic rings. The van der Waals surface area contributed by atoms with Crippen molar-refractivity contribution in [1.82, 2.24) is 21.1 Å². The molecule has 0 aromatic carbocycles. The molecule has 0 saturated carbocycles. The van der Waals surface area contributed by atoms with Gasteiger partial charge in [0.1, 0.15) is 0 Å². The lowest BCUT2D eigenvalue weighted by Gasteiger charge is -2.11. The number of aromatic nitrogens is 1. The zero-order valence-electron chi connectivity index (χ0n) is 14.5. The Balaban J connectivity index is 0.00000484. The maximum atomic E-state index is 11.5. The Labute approximate surface area is 155 Å². The zero-order chi connectivity index (χ0) is 16.5. The van der Waals surface area contributed by atoms with Crippen LogP contribution in [0.2, 0.25) is 0 Å². The molecule has 0 unspecified atom stereocenters. The van der Waals surface area contributed by atoms with Gasteiger partial charge in [0.05, 0.1) is 12.2 Å². The van der Waals surface area contributed by atoms with Crippen LogP contribution in [0.5, 0.6) is 0 Å². The van der Waals surface area contributed by atoms with Crippen LogP contribution in [-0.2, 0) is 11.3 Å². The number of carbonyl (C=O) groups is 1. The van der Waals surface area contributed by atoms with Gasteiger partial charge in [0.25, 0.3) is 0 Å². The molecule has 8 heteroatoms. The SMILES string of the molecule is CN=C(NCCC(=O)NC(C)C)NCc1cc(C(C)C)no1.I. The molecule has 1 aromatic heterocycles. The fourth-order valence-corrected chi connectivity index (χ4v) is 1.76. The zero-order valence-corrected chi connectivity index (χ0v) is 16.8. The number of hydrogen-bond acceptors (Lipinski definition) is 4. The first kappa shape index (κ1) is 21.7. The van der Waals surface area contributed by atoms with Crippen LogP contribution in [0.15, 0.2) is 15.6 Å². The molecule has 0 saturated heterocycles. The lowest BCUT2D eigenvalue weighted by atomic mass is 10.1. The van der Waals surface area contributed by atoms with Crippen LogP contribution in [0, 0.1) is 0 Å². The molecule has 1 amide bonds. The topological polar surface area (TPSA) is 91.5 Å². The molecule has 0 aliphatic carbocycles. The standard InChI is InChI=1S/C15H27N5O2.HI/c1-10(2)13-8-12(22-20-13)9-18-15(16-5)17-7-6-14(21)19-11(3)4;/h8,10-11H,6-7,9H2,1-5H3,(H,19,21)(H2,16,17,18);1H. The van der Waals surface area contributed by atoms with Crippen LogP contribution in [0.1, 0.15) is 51.5 Å². The first-order chi connectivity index (χ1) is 10.4. The molecule has 0 fully saturated rings. The molecule has 23 heavy (non-hydrogen) atoms. The molecule has 1 aromatic rings. The number of hydrogen-bond donors (Lipinski definition) is 3. The molecule has 0 aliphatic heterocycles. The summed E-state index contributed by atoms with van der Waals surface area (Å²) in [5, 5.41) is 13.1. The van der Waals surface area contributed by atoms with Gasteiger partial charge in [-0.2, -0.15) is 0 Å². The summed E-state index contributed by atoms with van der Waals surface area (Å²) in [6.07, 6.45) is 0.401. The molecule has 132 valence electrons. The van der Waals surface area contributed by atoms with Gasteiger partial charge in [-0.25, -0.2) is 0 Å². The maximum Gasteiger partial charge on any atom is 0.221 e. The van der Waals surface area contributed by atoms with Crippen molar-refractivity contribution in [1.29, 1.82) is 0 Å². The monoisotopic (exact) mass is 437 g/mol. The van der Waals surface area contributed by atoms with Crippen LogP contribution in [0.25, 0.3) is 0 Å². The number of rotatable bonds is 7. The average Bonchev–Trinajstić information content (AvgIpc) is 2.90. The highest BCUT2D eigenvalue weighted by Crippen LogP contribution is 2.13. The Hall–Kier alpha value is -1.32. The van der Waals surface area contributed by atoms with E-state index in [0.717, 1.165) is 11.5 Å². The van der Waals surface area contributed by atoms with Crippen LogP contribution in [0.4, 0.5) is 0 Å². The molecular formula is C15H28IN5O2. The molecule has 3 N–H and O–H groups in total. The van der Waals surface area contributed by atoms with E-state index in [9.17, 15) is 4.79 Å². The van der Waals surface area contributed by atoms with Gasteiger partial charge in [0.2, 0.25) is 5.91 Å². The van der Waals surface area contributed by atoms with E-state index in [-0.39, 0.29) is 35.9 Å². The lowest BCUT2D eigenvalue weighted by Crippen LogP contribution is -2.39. The molecule has 1 heterocycles. The molecular weight excluding hydrogens is 409 g/mol. The predicted octanol–water partition coefficient (Wildman–Crippen LogP) is 2.00. The predicted molar refractivity (Wildman–Crippen MR) is 102 cm³/mol. The third-order valence-electron chi connectivity index (χ3n) is 2.92. The second kappa shape index (κ2) is 11.3. The van der Waals surface area contributed by atoms with Crippen molar-refractivity contribution in [3.63, 3.8) is 0 Å². The van der Waals surface area contributed by atoms with Crippen molar-refractivity contribution in [2.75, 3.05) is 13.6 Å². The second-order valence-electron chi connectivity index (χ2n) is 5.70. The highest BCUT2D eigenvalue weighted by molar-refractivity contribution is 14.0. The van der Waals surface area contributed by atoms with Gasteiger partial charge in [-0.3, -0.25) is 9.79 Å². The number of nitrogens with zero attached hydrogens (tertiary/aromatic N) is 2. The van der Waals surface area contributed by atoms with Gasteiger partial charge >= 0.3 is 0 Å². The van der Waals surface area contributed by atoms with Crippen molar-refractivity contribution in [3.05, 3.63) is 17.5 Å². The number of halogens is 1. The van der Waals surface area contributed by atoms with Crippen LogP contribution >= 0.6 is 24.0 Å². The first-order valence-electron chi connectivity index (χ1n) is 7.61. The summed E-state index contributed by atoms with van der Waals surface area (Å²) in [5.74, 6) is 1.74. The maximum absolute atomic E-state index is 11.5. The summed E-state index contributed by atoms with van der Waals surface area (Å²) in [4.78, 5) is 15.6. The number of guanidine groups is 1. The average molecular weight is 437 g/mol. The van der Waals surface area contributed by atoms with Crippen LogP contribution in [0.3, 0.4) is 0 Å². The van der Waals surface area contributed by atoms with Crippen LogP contribution in [-0.4, -0.2) is 36.7 Å². The molecule has 1 rings (SSSR count). The number of aliphatic imine (C=N–C) groups is 1. The number of carbonyl (C=O) groups excluding carboxylic acids is 1. The van der Waals surface area contributed by atoms with E-state index in [4.69, 9.17) is 4.52 Å². The van der Waals surface area contributed by atoms with E-state index in [1.807, 2.05) is 19.9 Å². The normalized spacial score (nSPS) is 11.3. The number of nitrogens with one attached hydrogen (secondary N) is 3. The Morgan fingerprint density at radius 2 is 2.00 bits per heavy atom. The second-order valence-corrected chi connectivity index (χ2v) is 5.70. The van der Waals surface area contributed by atoms with Crippen molar-refractivity contribution in [3.8, 4) is 0 Å². The van der Waals surface area contributed by atoms with Crippen molar-refractivity contribution in [2.45, 2.75) is 52.6 Å². The molecule has 7 nitrogen and oxygen atoms in total. The van der Waals surface area contributed by atoms with Gasteiger partial charge in [-0.15, -0.1) is 24.0 Å². The minimum absolute atomic E-state index is 0. The van der Waals surface area contributed by atoms with Gasteiger partial charge < -0.3 is 20.5 Å². The van der Waals surface area contributed by atoms with Gasteiger partial charge in [0, 0.05) is 32.1 Å². The summed E-state index contributed by atoms with van der Waals surface area (Å²) < 4.78 is 5.25. The summed E-state index contributed by atoms with van der Waals surface area (Å²) in [6, 6.07) is 2.09. The highest BCUT2D eigenvalue weighted by Gasteiger charge is 2.08. The third kappa shape index (κ3) is 8.77. The highest BCUT2D eigenvalue weighted by atomic mass is 127. The van der Waals surface area contributed by atoms with Crippen molar-refractivity contribution >= 4 is 35.8 Å². The van der Waals surface area contributed by atoms with Gasteiger partial charge in [0.15, 0.2) is 11.7 Å². The van der Waals surface area contributed by atoms with E-state index >= 15 is 0 Å². The summed E-state index contributed by atoms with van der Waals surface area (Å²) in [6.45, 7) is 9.03. The summed E-state index contributed by atoms with van der Waals surface area (Å²) in [5.41, 5.74) is 0.935. The van der Waals surface area contributed by atoms with E-state index in [1.165, 1.54) is 0 Å². The Kier molecular flexibility index (Phi) is 10.6. The van der Waals surface area contributed by atoms with Crippen molar-refractivity contribution < 1.29 is 9.32 Å². The first-order valence-corrected chi connectivity index (χ1v) is 7.61. The molecule has 0 radical (unpaired) electrons.